The third-order valence-corrected chi connectivity index (χ3v) is 8.39. The topological polar surface area (TPSA) is 96.9 Å². The number of fused-ring (bicyclic) bond motifs is 1. The van der Waals surface area contributed by atoms with E-state index in [1.165, 1.54) is 17.6 Å². The minimum absolute atomic E-state index is 0.240. The predicted molar refractivity (Wildman–Crippen MR) is 170 cm³/mol. The molecule has 0 atom stereocenters. The lowest BCUT2D eigenvalue weighted by Gasteiger charge is -2.08. The number of hydrogen-bond acceptors (Lipinski definition) is 6. The van der Waals surface area contributed by atoms with E-state index in [1.807, 2.05) is 24.3 Å². The molecule has 2 amide bonds. The van der Waals surface area contributed by atoms with Crippen molar-refractivity contribution >= 4 is 94.6 Å². The van der Waals surface area contributed by atoms with E-state index < -0.39 is 11.9 Å². The van der Waals surface area contributed by atoms with Gasteiger partial charge in [0.25, 0.3) is 11.8 Å². The van der Waals surface area contributed by atoms with Gasteiger partial charge >= 0.3 is 5.97 Å². The summed E-state index contributed by atoms with van der Waals surface area (Å²) in [4.78, 5) is 38.2. The molecule has 0 aliphatic rings. The summed E-state index contributed by atoms with van der Waals surface area (Å²) < 4.78 is 8.11. The summed E-state index contributed by atoms with van der Waals surface area (Å²) in [6.45, 7) is 0. The number of carbonyl (C=O) groups excluding carboxylic acids is 3. The summed E-state index contributed by atoms with van der Waals surface area (Å²) in [5.74, 6) is -1.07. The molecule has 0 fully saturated rings. The van der Waals surface area contributed by atoms with Crippen LogP contribution in [0.1, 0.15) is 36.0 Å². The fourth-order valence-electron chi connectivity index (χ4n) is 3.75. The van der Waals surface area contributed by atoms with Crippen molar-refractivity contribution in [2.75, 3.05) is 5.32 Å². The number of esters is 1. The zero-order valence-electron chi connectivity index (χ0n) is 20.9. The van der Waals surface area contributed by atoms with Crippen LogP contribution in [-0.2, 0) is 0 Å². The van der Waals surface area contributed by atoms with Crippen molar-refractivity contribution in [3.05, 3.63) is 127 Å². The van der Waals surface area contributed by atoms with E-state index in [-0.39, 0.29) is 16.5 Å². The van der Waals surface area contributed by atoms with Crippen molar-refractivity contribution in [3.63, 3.8) is 0 Å². The molecule has 0 radical (unpaired) electrons. The van der Waals surface area contributed by atoms with Crippen LogP contribution >= 0.6 is 54.8 Å². The van der Waals surface area contributed by atoms with Gasteiger partial charge in [-0.2, -0.15) is 5.10 Å². The molecule has 1 heterocycles. The molecule has 0 saturated carbocycles. The van der Waals surface area contributed by atoms with Gasteiger partial charge in [0.1, 0.15) is 10.6 Å². The Hall–Kier alpha value is -3.83. The summed E-state index contributed by atoms with van der Waals surface area (Å²) in [7, 11) is 0. The lowest BCUT2D eigenvalue weighted by atomic mass is 10.1. The van der Waals surface area contributed by atoms with Gasteiger partial charge in [0.2, 0.25) is 0 Å². The number of nitrogens with one attached hydrogen (secondary N) is 2. The van der Waals surface area contributed by atoms with Crippen molar-refractivity contribution in [1.29, 1.82) is 0 Å². The number of amides is 2. The van der Waals surface area contributed by atoms with Gasteiger partial charge in [0.15, 0.2) is 0 Å². The monoisotopic (exact) mass is 709 g/mol. The van der Waals surface area contributed by atoms with Gasteiger partial charge in [-0.05, 0) is 66.7 Å². The van der Waals surface area contributed by atoms with Crippen LogP contribution in [0, 0.1) is 0 Å². The second-order valence-corrected chi connectivity index (χ2v) is 11.8. The van der Waals surface area contributed by atoms with Crippen LogP contribution in [0.3, 0.4) is 0 Å². The molecule has 0 saturated heterocycles. The van der Waals surface area contributed by atoms with Gasteiger partial charge in [-0.25, -0.2) is 10.2 Å². The van der Waals surface area contributed by atoms with Crippen LogP contribution < -0.4 is 15.5 Å². The average molecular weight is 712 g/mol. The van der Waals surface area contributed by atoms with Crippen LogP contribution in [0.5, 0.6) is 5.75 Å². The molecule has 0 spiro atoms. The van der Waals surface area contributed by atoms with E-state index in [4.69, 9.17) is 16.3 Å². The number of benzene rings is 4. The standard InChI is InChI=1S/C30H18Br2ClN3O4S/c31-20-9-13-24(40-30(39)27-26(33)23-12-8-21(32)15-25(23)41-27)19(14-20)16-34-36-29(38)18-6-10-22(11-7-18)35-28(37)17-4-2-1-3-5-17/h1-16H,(H,35,37)(H,36,38)/b34-16-. The molecule has 41 heavy (non-hydrogen) atoms. The molecule has 11 heteroatoms. The molecule has 5 rings (SSSR count). The number of rotatable bonds is 7. The maximum absolute atomic E-state index is 13.0. The SMILES string of the molecule is O=C(N/N=C\c1cc(Br)ccc1OC(=O)c1sc2cc(Br)ccc2c1Cl)c1ccc(NC(=O)c2ccccc2)cc1. The fourth-order valence-corrected chi connectivity index (χ4v) is 6.07. The van der Waals surface area contributed by atoms with Gasteiger partial charge in [-0.1, -0.05) is 67.7 Å². The largest absolute Gasteiger partial charge is 0.422 e. The van der Waals surface area contributed by atoms with E-state index in [2.05, 4.69) is 47.7 Å². The Bertz CT molecular complexity index is 1810. The van der Waals surface area contributed by atoms with Crippen LogP contribution in [0.15, 0.2) is 105 Å². The molecule has 0 bridgehead atoms. The van der Waals surface area contributed by atoms with Crippen molar-refractivity contribution in [1.82, 2.24) is 5.43 Å². The van der Waals surface area contributed by atoms with Gasteiger partial charge in [0, 0.05) is 41.4 Å². The Morgan fingerprint density at radius 2 is 1.51 bits per heavy atom. The first-order chi connectivity index (χ1) is 19.8. The smallest absolute Gasteiger partial charge is 0.355 e. The molecule has 0 unspecified atom stereocenters. The van der Waals surface area contributed by atoms with Gasteiger partial charge in [-0.15, -0.1) is 11.3 Å². The van der Waals surface area contributed by atoms with Gasteiger partial charge < -0.3 is 10.1 Å². The zero-order chi connectivity index (χ0) is 28.9. The fraction of sp³-hybridized carbons (Fsp3) is 0. The summed E-state index contributed by atoms with van der Waals surface area (Å²) in [5, 5.41) is 7.91. The number of carbonyl (C=O) groups is 3. The molecule has 0 aliphatic heterocycles. The Balaban J connectivity index is 1.25. The lowest BCUT2D eigenvalue weighted by Crippen LogP contribution is -2.18. The summed E-state index contributed by atoms with van der Waals surface area (Å²) in [6, 6.07) is 25.8. The van der Waals surface area contributed by atoms with Crippen LogP contribution in [0.2, 0.25) is 5.02 Å². The quantitative estimate of drug-likeness (QED) is 0.0769. The highest BCUT2D eigenvalue weighted by atomic mass is 79.9. The number of halogens is 3. The Morgan fingerprint density at radius 1 is 0.829 bits per heavy atom. The normalized spacial score (nSPS) is 11.0. The third-order valence-electron chi connectivity index (χ3n) is 5.76. The number of hydrogen-bond donors (Lipinski definition) is 2. The van der Waals surface area contributed by atoms with E-state index in [1.54, 1.807) is 66.7 Å². The number of hydrazone groups is 1. The number of nitrogens with zero attached hydrogens (tertiary/aromatic N) is 1. The van der Waals surface area contributed by atoms with Crippen LogP contribution in [0.4, 0.5) is 5.69 Å². The first-order valence-corrected chi connectivity index (χ1v) is 14.8. The van der Waals surface area contributed by atoms with E-state index in [0.717, 1.165) is 19.0 Å². The number of ether oxygens (including phenoxy) is 1. The molecule has 5 aromatic rings. The minimum Gasteiger partial charge on any atom is -0.422 e. The lowest BCUT2D eigenvalue weighted by molar-refractivity contribution is 0.0739. The maximum atomic E-state index is 13.0. The summed E-state index contributed by atoms with van der Waals surface area (Å²) >= 11 is 14.5. The molecule has 4 aromatic carbocycles. The molecule has 2 N–H and O–H groups in total. The highest BCUT2D eigenvalue weighted by Crippen LogP contribution is 2.37. The summed E-state index contributed by atoms with van der Waals surface area (Å²) in [5.41, 5.74) is 4.33. The zero-order valence-corrected chi connectivity index (χ0v) is 25.6. The van der Waals surface area contributed by atoms with E-state index >= 15 is 0 Å². The number of anilines is 1. The molecular formula is C30H18Br2ClN3O4S. The Labute approximate surface area is 260 Å². The second kappa shape index (κ2) is 12.8. The highest BCUT2D eigenvalue weighted by Gasteiger charge is 2.20. The van der Waals surface area contributed by atoms with Crippen molar-refractivity contribution in [2.45, 2.75) is 0 Å². The van der Waals surface area contributed by atoms with Crippen molar-refractivity contribution in [3.8, 4) is 5.75 Å². The first-order valence-electron chi connectivity index (χ1n) is 12.0. The Kier molecular flexibility index (Phi) is 8.94. The summed E-state index contributed by atoms with van der Waals surface area (Å²) in [6.07, 6.45) is 1.38. The maximum Gasteiger partial charge on any atom is 0.355 e. The molecule has 204 valence electrons. The minimum atomic E-state index is -0.604. The predicted octanol–water partition coefficient (Wildman–Crippen LogP) is 8.32. The Morgan fingerprint density at radius 3 is 2.27 bits per heavy atom. The van der Waals surface area contributed by atoms with Crippen LogP contribution in [0.25, 0.3) is 10.1 Å². The molecule has 1 aromatic heterocycles. The number of thiophene rings is 1. The molecule has 0 aliphatic carbocycles. The average Bonchev–Trinajstić information content (AvgIpc) is 3.30. The van der Waals surface area contributed by atoms with Gasteiger partial charge in [-0.3, -0.25) is 9.59 Å². The molecule has 7 nitrogen and oxygen atoms in total. The second-order valence-electron chi connectivity index (χ2n) is 8.55. The van der Waals surface area contributed by atoms with E-state index in [0.29, 0.717) is 27.4 Å². The van der Waals surface area contributed by atoms with E-state index in [9.17, 15) is 14.4 Å². The molecular weight excluding hydrogens is 694 g/mol. The van der Waals surface area contributed by atoms with Crippen molar-refractivity contribution < 1.29 is 19.1 Å². The van der Waals surface area contributed by atoms with Crippen LogP contribution in [-0.4, -0.2) is 24.0 Å². The van der Waals surface area contributed by atoms with Gasteiger partial charge in [0.05, 0.1) is 11.2 Å². The first kappa shape index (κ1) is 28.7. The van der Waals surface area contributed by atoms with Crippen molar-refractivity contribution in [2.24, 2.45) is 5.10 Å². The highest BCUT2D eigenvalue weighted by molar-refractivity contribution is 9.10. The third kappa shape index (κ3) is 6.91.